The lowest BCUT2D eigenvalue weighted by Gasteiger charge is -2.37. The van der Waals surface area contributed by atoms with Crippen LogP contribution in [-0.4, -0.2) is 35.0 Å². The molecule has 1 fully saturated rings. The van der Waals surface area contributed by atoms with Crippen LogP contribution in [0.15, 0.2) is 18.5 Å². The fourth-order valence-electron chi connectivity index (χ4n) is 2.53. The van der Waals surface area contributed by atoms with E-state index in [1.165, 1.54) is 0 Å². The number of urea groups is 1. The van der Waals surface area contributed by atoms with Crippen LogP contribution in [0.1, 0.15) is 18.4 Å². The van der Waals surface area contributed by atoms with Crippen molar-refractivity contribution in [2.24, 2.45) is 0 Å². The van der Waals surface area contributed by atoms with Crippen LogP contribution in [0.4, 0.5) is 10.5 Å². The van der Waals surface area contributed by atoms with Gasteiger partial charge in [0.1, 0.15) is 0 Å². The minimum Gasteiger partial charge on any atom is -0.317 e. The maximum atomic E-state index is 12.0. The van der Waals surface area contributed by atoms with Crippen LogP contribution in [-0.2, 0) is 6.54 Å². The molecule has 5 nitrogen and oxygen atoms in total. The van der Waals surface area contributed by atoms with E-state index >= 15 is 0 Å². The molecule has 0 unspecified atom stereocenters. The van der Waals surface area contributed by atoms with E-state index in [-0.39, 0.29) is 6.03 Å². The third kappa shape index (κ3) is 1.98. The minimum absolute atomic E-state index is 0.0237. The Bertz CT molecular complexity index is 428. The molecule has 0 saturated carbocycles. The lowest BCUT2D eigenvalue weighted by Crippen LogP contribution is -2.49. The van der Waals surface area contributed by atoms with E-state index in [0.717, 1.165) is 37.2 Å². The number of hydrogen-bond donors (Lipinski definition) is 2. The van der Waals surface area contributed by atoms with Gasteiger partial charge in [0, 0.05) is 24.0 Å². The highest BCUT2D eigenvalue weighted by atomic mass is 16.2. The zero-order chi connectivity index (χ0) is 11.7. The van der Waals surface area contributed by atoms with Crippen molar-refractivity contribution >= 4 is 11.7 Å². The van der Waals surface area contributed by atoms with Crippen LogP contribution in [0, 0.1) is 0 Å². The molecular formula is C12H16N4O. The minimum atomic E-state index is 0.0237. The molecule has 0 aromatic carbocycles. The Hall–Kier alpha value is -1.62. The number of hydrogen-bond acceptors (Lipinski definition) is 3. The molecule has 0 spiro atoms. The predicted molar refractivity (Wildman–Crippen MR) is 64.7 cm³/mol. The molecule has 90 valence electrons. The number of amides is 2. The highest BCUT2D eigenvalue weighted by molar-refractivity contribution is 5.92. The molecule has 17 heavy (non-hydrogen) atoms. The summed E-state index contributed by atoms with van der Waals surface area (Å²) < 4.78 is 0. The Labute approximate surface area is 100 Å². The summed E-state index contributed by atoms with van der Waals surface area (Å²) in [7, 11) is 0. The summed E-state index contributed by atoms with van der Waals surface area (Å²) in [5.41, 5.74) is 2.00. The van der Waals surface area contributed by atoms with E-state index in [2.05, 4.69) is 15.6 Å². The van der Waals surface area contributed by atoms with E-state index in [1.54, 1.807) is 6.20 Å². The first-order valence-corrected chi connectivity index (χ1v) is 6.06. The highest BCUT2D eigenvalue weighted by Crippen LogP contribution is 2.25. The van der Waals surface area contributed by atoms with Gasteiger partial charge in [-0.2, -0.15) is 0 Å². The average molecular weight is 232 g/mol. The smallest absolute Gasteiger partial charge is 0.317 e. The van der Waals surface area contributed by atoms with Gasteiger partial charge in [-0.3, -0.25) is 4.98 Å². The normalized spacial score (nSPS) is 20.9. The van der Waals surface area contributed by atoms with Gasteiger partial charge in [-0.15, -0.1) is 0 Å². The molecule has 1 aromatic heterocycles. The highest BCUT2D eigenvalue weighted by Gasteiger charge is 2.29. The number of piperidine rings is 1. The van der Waals surface area contributed by atoms with Gasteiger partial charge in [0.25, 0.3) is 0 Å². The number of carbonyl (C=O) groups is 1. The average Bonchev–Trinajstić information content (AvgIpc) is 2.39. The van der Waals surface area contributed by atoms with Crippen molar-refractivity contribution in [3.05, 3.63) is 24.0 Å². The Kier molecular flexibility index (Phi) is 2.68. The molecule has 1 saturated heterocycles. The molecular weight excluding hydrogens is 216 g/mol. The second kappa shape index (κ2) is 4.33. The predicted octanol–water partition coefficient (Wildman–Crippen LogP) is 1.18. The van der Waals surface area contributed by atoms with Crippen molar-refractivity contribution < 1.29 is 4.79 Å². The standard InChI is InChI=1S/C12H16N4O/c17-12-15-11-3-6-14-7-9(11)8-16(12)10-1-4-13-5-2-10/h3,6-7,10,13H,1-2,4-5,8H2,(H,15,17). The Morgan fingerprint density at radius 2 is 2.18 bits per heavy atom. The van der Waals surface area contributed by atoms with E-state index < -0.39 is 0 Å². The van der Waals surface area contributed by atoms with Crippen LogP contribution in [0.25, 0.3) is 0 Å². The second-order valence-corrected chi connectivity index (χ2v) is 4.57. The fraction of sp³-hybridized carbons (Fsp3) is 0.500. The number of rotatable bonds is 1. The third-order valence-electron chi connectivity index (χ3n) is 3.50. The Morgan fingerprint density at radius 3 is 3.00 bits per heavy atom. The molecule has 2 aliphatic heterocycles. The lowest BCUT2D eigenvalue weighted by molar-refractivity contribution is 0.163. The van der Waals surface area contributed by atoms with Crippen molar-refractivity contribution in [2.45, 2.75) is 25.4 Å². The number of anilines is 1. The Morgan fingerprint density at radius 1 is 1.35 bits per heavy atom. The largest absolute Gasteiger partial charge is 0.322 e. The van der Waals surface area contributed by atoms with Gasteiger partial charge in [0.05, 0.1) is 12.2 Å². The fourth-order valence-corrected chi connectivity index (χ4v) is 2.53. The summed E-state index contributed by atoms with van der Waals surface area (Å²) in [5.74, 6) is 0. The van der Waals surface area contributed by atoms with E-state index in [1.807, 2.05) is 17.2 Å². The molecule has 0 aliphatic carbocycles. The number of carbonyl (C=O) groups excluding carboxylic acids is 1. The van der Waals surface area contributed by atoms with Gasteiger partial charge < -0.3 is 15.5 Å². The molecule has 2 amide bonds. The van der Waals surface area contributed by atoms with Crippen LogP contribution < -0.4 is 10.6 Å². The second-order valence-electron chi connectivity index (χ2n) is 4.57. The topological polar surface area (TPSA) is 57.3 Å². The van der Waals surface area contributed by atoms with Gasteiger partial charge in [-0.05, 0) is 32.0 Å². The van der Waals surface area contributed by atoms with Crippen LogP contribution in [0.3, 0.4) is 0 Å². The lowest BCUT2D eigenvalue weighted by atomic mass is 10.0. The van der Waals surface area contributed by atoms with Gasteiger partial charge in [0.2, 0.25) is 0 Å². The summed E-state index contributed by atoms with van der Waals surface area (Å²) in [5, 5.41) is 6.25. The summed E-state index contributed by atoms with van der Waals surface area (Å²) in [6.45, 7) is 2.67. The summed E-state index contributed by atoms with van der Waals surface area (Å²) in [4.78, 5) is 18.1. The first-order valence-electron chi connectivity index (χ1n) is 6.06. The Balaban J connectivity index is 1.81. The zero-order valence-corrected chi connectivity index (χ0v) is 9.65. The number of fused-ring (bicyclic) bond motifs is 1. The molecule has 2 N–H and O–H groups in total. The van der Waals surface area contributed by atoms with Gasteiger partial charge >= 0.3 is 6.03 Å². The number of pyridine rings is 1. The van der Waals surface area contributed by atoms with Gasteiger partial charge in [-0.1, -0.05) is 0 Å². The first kappa shape index (κ1) is 10.5. The molecule has 5 heteroatoms. The van der Waals surface area contributed by atoms with E-state index in [4.69, 9.17) is 0 Å². The van der Waals surface area contributed by atoms with Gasteiger partial charge in [-0.25, -0.2) is 4.79 Å². The van der Waals surface area contributed by atoms with Crippen molar-refractivity contribution in [3.63, 3.8) is 0 Å². The summed E-state index contributed by atoms with van der Waals surface area (Å²) >= 11 is 0. The molecule has 3 heterocycles. The SMILES string of the molecule is O=C1Nc2ccncc2CN1C1CCNCC1. The van der Waals surface area contributed by atoms with E-state index in [9.17, 15) is 4.79 Å². The number of nitrogens with one attached hydrogen (secondary N) is 2. The third-order valence-corrected chi connectivity index (χ3v) is 3.50. The molecule has 0 bridgehead atoms. The summed E-state index contributed by atoms with van der Waals surface area (Å²) in [6, 6.07) is 2.23. The molecule has 3 rings (SSSR count). The van der Waals surface area contributed by atoms with Crippen LogP contribution in [0.5, 0.6) is 0 Å². The molecule has 0 atom stereocenters. The van der Waals surface area contributed by atoms with Crippen LogP contribution in [0.2, 0.25) is 0 Å². The van der Waals surface area contributed by atoms with Crippen molar-refractivity contribution in [3.8, 4) is 0 Å². The van der Waals surface area contributed by atoms with Crippen molar-refractivity contribution in [2.75, 3.05) is 18.4 Å². The van der Waals surface area contributed by atoms with Gasteiger partial charge in [0.15, 0.2) is 0 Å². The van der Waals surface area contributed by atoms with Crippen LogP contribution >= 0.6 is 0 Å². The molecule has 1 aromatic rings. The maximum absolute atomic E-state index is 12.0. The first-order chi connectivity index (χ1) is 8.34. The van der Waals surface area contributed by atoms with Crippen molar-refractivity contribution in [1.82, 2.24) is 15.2 Å². The molecule has 2 aliphatic rings. The maximum Gasteiger partial charge on any atom is 0.322 e. The molecule has 0 radical (unpaired) electrons. The number of nitrogens with zero attached hydrogens (tertiary/aromatic N) is 2. The zero-order valence-electron chi connectivity index (χ0n) is 9.65. The number of aromatic nitrogens is 1. The quantitative estimate of drug-likeness (QED) is 0.764. The van der Waals surface area contributed by atoms with E-state index in [0.29, 0.717) is 12.6 Å². The summed E-state index contributed by atoms with van der Waals surface area (Å²) in [6.07, 6.45) is 5.61. The van der Waals surface area contributed by atoms with Crippen molar-refractivity contribution in [1.29, 1.82) is 0 Å². The monoisotopic (exact) mass is 232 g/mol.